The van der Waals surface area contributed by atoms with Gasteiger partial charge in [0.25, 0.3) is 0 Å². The van der Waals surface area contributed by atoms with Crippen molar-refractivity contribution in [2.75, 3.05) is 18.8 Å². The van der Waals surface area contributed by atoms with Gasteiger partial charge < -0.3 is 4.43 Å². The van der Waals surface area contributed by atoms with Gasteiger partial charge in [0.2, 0.25) is 10.0 Å². The molecule has 134 valence electrons. The van der Waals surface area contributed by atoms with E-state index in [0.29, 0.717) is 32.4 Å². The van der Waals surface area contributed by atoms with Crippen LogP contribution in [0.4, 0.5) is 0 Å². The Morgan fingerprint density at radius 1 is 1.30 bits per heavy atom. The maximum atomic E-state index is 12.5. The van der Waals surface area contributed by atoms with Gasteiger partial charge in [0, 0.05) is 19.5 Å². The highest BCUT2D eigenvalue weighted by molar-refractivity contribution is 7.89. The topological polar surface area (TPSA) is 70.4 Å². The molecule has 23 heavy (non-hydrogen) atoms. The molecule has 0 saturated carbocycles. The third kappa shape index (κ3) is 6.18. The molecule has 0 aliphatic carbocycles. The van der Waals surface area contributed by atoms with E-state index in [1.807, 2.05) is 0 Å². The van der Waals surface area contributed by atoms with Gasteiger partial charge in [0.15, 0.2) is 8.32 Å². The molecule has 0 aromatic heterocycles. The second kappa shape index (κ2) is 8.10. The van der Waals surface area contributed by atoms with Crippen LogP contribution in [0.1, 0.15) is 52.9 Å². The molecule has 0 spiro atoms. The summed E-state index contributed by atoms with van der Waals surface area (Å²) in [5.74, 6) is 0.140. The summed E-state index contributed by atoms with van der Waals surface area (Å²) in [6.45, 7) is 12.1. The van der Waals surface area contributed by atoms with Gasteiger partial charge in [-0.2, -0.15) is 9.57 Å². The number of sulfonamides is 1. The first-order chi connectivity index (χ1) is 10.5. The van der Waals surface area contributed by atoms with Crippen LogP contribution in [0.25, 0.3) is 0 Å². The van der Waals surface area contributed by atoms with Crippen molar-refractivity contribution in [2.45, 2.75) is 77.1 Å². The molecule has 0 radical (unpaired) electrons. The summed E-state index contributed by atoms with van der Waals surface area (Å²) < 4.78 is 32.9. The second-order valence-electron chi connectivity index (χ2n) is 7.93. The lowest BCUT2D eigenvalue weighted by Crippen LogP contribution is -2.50. The molecular weight excluding hydrogens is 328 g/mol. The second-order valence-corrected chi connectivity index (χ2v) is 14.8. The fourth-order valence-corrected chi connectivity index (χ4v) is 5.47. The molecule has 1 atom stereocenters. The Balaban J connectivity index is 2.62. The molecule has 1 fully saturated rings. The van der Waals surface area contributed by atoms with Gasteiger partial charge in [-0.15, -0.1) is 0 Å². The number of nitriles is 1. The molecule has 0 amide bonds. The van der Waals surface area contributed by atoms with E-state index in [1.165, 1.54) is 0 Å². The zero-order chi connectivity index (χ0) is 17.7. The predicted molar refractivity (Wildman–Crippen MR) is 96.1 cm³/mol. The predicted octanol–water partition coefficient (Wildman–Crippen LogP) is 3.50. The SMILES string of the molecule is CC(C)(C)[Si](C)(C)O[C@@H]1CCCN(S(=O)(=O)CCCCC#N)C1. The van der Waals surface area contributed by atoms with Gasteiger partial charge in [-0.25, -0.2) is 8.42 Å². The van der Waals surface area contributed by atoms with E-state index < -0.39 is 18.3 Å². The van der Waals surface area contributed by atoms with E-state index in [4.69, 9.17) is 9.69 Å². The zero-order valence-corrected chi connectivity index (χ0v) is 17.1. The largest absolute Gasteiger partial charge is 0.413 e. The summed E-state index contributed by atoms with van der Waals surface area (Å²) in [6.07, 6.45) is 3.43. The number of nitrogens with zero attached hydrogens (tertiary/aromatic N) is 2. The minimum Gasteiger partial charge on any atom is -0.413 e. The molecule has 0 aromatic rings. The highest BCUT2D eigenvalue weighted by atomic mass is 32.2. The van der Waals surface area contributed by atoms with Crippen LogP contribution in [0.5, 0.6) is 0 Å². The van der Waals surface area contributed by atoms with Crippen molar-refractivity contribution in [3.63, 3.8) is 0 Å². The van der Waals surface area contributed by atoms with Crippen LogP contribution in [-0.2, 0) is 14.4 Å². The molecule has 1 saturated heterocycles. The Hall–Kier alpha value is -0.423. The minimum atomic E-state index is -3.23. The monoisotopic (exact) mass is 360 g/mol. The summed E-state index contributed by atoms with van der Waals surface area (Å²) in [7, 11) is -5.10. The molecule has 1 aliphatic heterocycles. The van der Waals surface area contributed by atoms with Gasteiger partial charge in [-0.3, -0.25) is 0 Å². The fraction of sp³-hybridized carbons (Fsp3) is 0.938. The van der Waals surface area contributed by atoms with Crippen LogP contribution in [0.3, 0.4) is 0 Å². The smallest absolute Gasteiger partial charge is 0.214 e. The van der Waals surface area contributed by atoms with E-state index >= 15 is 0 Å². The van der Waals surface area contributed by atoms with Crippen LogP contribution >= 0.6 is 0 Å². The average Bonchev–Trinajstić information content (AvgIpc) is 2.42. The first-order valence-corrected chi connectivity index (χ1v) is 13.0. The molecular formula is C16H32N2O3SSi. The van der Waals surface area contributed by atoms with Crippen molar-refractivity contribution < 1.29 is 12.8 Å². The van der Waals surface area contributed by atoms with Crippen molar-refractivity contribution in [1.29, 1.82) is 5.26 Å². The molecule has 5 nitrogen and oxygen atoms in total. The summed E-state index contributed by atoms with van der Waals surface area (Å²) >= 11 is 0. The molecule has 7 heteroatoms. The number of rotatable bonds is 7. The van der Waals surface area contributed by atoms with E-state index in [2.05, 4.69) is 39.9 Å². The standard InChI is InChI=1S/C16H32N2O3SSi/c1-16(2,3)23(4,5)21-15-10-9-12-18(14-15)22(19,20)13-8-6-7-11-17/h15H,6-10,12-14H2,1-5H3/t15-/m1/s1. The molecule has 1 heterocycles. The van der Waals surface area contributed by atoms with E-state index in [0.717, 1.165) is 12.8 Å². The third-order valence-electron chi connectivity index (χ3n) is 4.94. The maximum absolute atomic E-state index is 12.5. The lowest BCUT2D eigenvalue weighted by molar-refractivity contribution is 0.115. The normalized spacial score (nSPS) is 21.1. The highest BCUT2D eigenvalue weighted by Crippen LogP contribution is 2.38. The van der Waals surface area contributed by atoms with Gasteiger partial charge >= 0.3 is 0 Å². The van der Waals surface area contributed by atoms with Crippen molar-refractivity contribution in [2.24, 2.45) is 0 Å². The van der Waals surface area contributed by atoms with Crippen molar-refractivity contribution >= 4 is 18.3 Å². The quantitative estimate of drug-likeness (QED) is 0.514. The van der Waals surface area contributed by atoms with E-state index in [-0.39, 0.29) is 16.9 Å². The fourth-order valence-electron chi connectivity index (χ4n) is 2.46. The maximum Gasteiger partial charge on any atom is 0.214 e. The summed E-state index contributed by atoms with van der Waals surface area (Å²) in [5, 5.41) is 8.66. The number of hydrogen-bond donors (Lipinski definition) is 0. The van der Waals surface area contributed by atoms with Crippen molar-refractivity contribution in [3.8, 4) is 6.07 Å². The lowest BCUT2D eigenvalue weighted by Gasteiger charge is -2.42. The van der Waals surface area contributed by atoms with Crippen molar-refractivity contribution in [3.05, 3.63) is 0 Å². The first kappa shape index (κ1) is 20.6. The molecule has 0 bridgehead atoms. The highest BCUT2D eigenvalue weighted by Gasteiger charge is 2.40. The zero-order valence-electron chi connectivity index (χ0n) is 15.3. The van der Waals surface area contributed by atoms with Crippen molar-refractivity contribution in [1.82, 2.24) is 4.31 Å². The number of hydrogen-bond acceptors (Lipinski definition) is 4. The van der Waals surface area contributed by atoms with E-state index in [1.54, 1.807) is 4.31 Å². The third-order valence-corrected chi connectivity index (χ3v) is 11.4. The summed E-state index contributed by atoms with van der Waals surface area (Å²) in [5.41, 5.74) is 0. The minimum absolute atomic E-state index is 0.0125. The van der Waals surface area contributed by atoms with Crippen LogP contribution in [0.2, 0.25) is 18.1 Å². The Morgan fingerprint density at radius 3 is 2.52 bits per heavy atom. The molecule has 1 rings (SSSR count). The molecule has 0 aromatic carbocycles. The van der Waals surface area contributed by atoms with E-state index in [9.17, 15) is 8.42 Å². The Labute approximate surface area is 143 Å². The Morgan fingerprint density at radius 2 is 1.96 bits per heavy atom. The average molecular weight is 361 g/mol. The Bertz CT molecular complexity index is 520. The first-order valence-electron chi connectivity index (χ1n) is 8.52. The number of piperidine rings is 1. The molecule has 0 N–H and O–H groups in total. The molecule has 1 aliphatic rings. The molecule has 0 unspecified atom stereocenters. The number of unbranched alkanes of at least 4 members (excludes halogenated alkanes) is 2. The van der Waals surface area contributed by atoms with Crippen LogP contribution in [0, 0.1) is 11.3 Å². The van der Waals surface area contributed by atoms with Gasteiger partial charge in [-0.1, -0.05) is 20.8 Å². The Kier molecular flexibility index (Phi) is 7.27. The summed E-state index contributed by atoms with van der Waals surface area (Å²) in [6, 6.07) is 2.06. The van der Waals surface area contributed by atoms with Crippen LogP contribution in [0.15, 0.2) is 0 Å². The van der Waals surface area contributed by atoms with Crippen LogP contribution in [-0.4, -0.2) is 46.0 Å². The van der Waals surface area contributed by atoms with Gasteiger partial charge in [-0.05, 0) is 43.8 Å². The van der Waals surface area contributed by atoms with Crippen LogP contribution < -0.4 is 0 Å². The van der Waals surface area contributed by atoms with Gasteiger partial charge in [0.1, 0.15) is 0 Å². The summed E-state index contributed by atoms with van der Waals surface area (Å²) in [4.78, 5) is 0. The lowest BCUT2D eigenvalue weighted by atomic mass is 10.1. The van der Waals surface area contributed by atoms with Gasteiger partial charge in [0.05, 0.1) is 17.9 Å².